The van der Waals surface area contributed by atoms with Crippen molar-refractivity contribution in [2.75, 3.05) is 0 Å². The van der Waals surface area contributed by atoms with E-state index < -0.39 is 0 Å². The van der Waals surface area contributed by atoms with E-state index in [4.69, 9.17) is 0 Å². The molecule has 3 heterocycles. The normalized spacial score (nSPS) is 11.9. The van der Waals surface area contributed by atoms with E-state index >= 15 is 0 Å². The highest BCUT2D eigenvalue weighted by Crippen LogP contribution is 2.44. The number of aromatic nitrogens is 2. The summed E-state index contributed by atoms with van der Waals surface area (Å²) in [5, 5.41) is 7.67. The summed E-state index contributed by atoms with van der Waals surface area (Å²) in [6.45, 7) is 0. The maximum atomic E-state index is 2.45. The van der Waals surface area contributed by atoms with Gasteiger partial charge in [0.05, 0.1) is 22.1 Å². The summed E-state index contributed by atoms with van der Waals surface area (Å²) in [5.74, 6) is 0. The van der Waals surface area contributed by atoms with E-state index in [0.717, 1.165) is 11.4 Å². The number of hydrogen-bond donors (Lipinski definition) is 0. The Labute approximate surface area is 298 Å². The first-order chi connectivity index (χ1) is 25.3. The number of rotatable bonds is 4. The standard InChI is InChI=1S/C48H30N2S/c1-2-13-31(14-3-1)35-20-11-22-41-42-23-12-21-36(48(42)51-47(35)41)32-15-10-16-33(29-32)50-45-26-9-6-19-39(45)40-28-27-34(30-46(40)50)49-43-24-7-4-17-37(43)38-18-5-8-25-44(38)49/h1-30H. The molecule has 3 aromatic heterocycles. The highest BCUT2D eigenvalue weighted by molar-refractivity contribution is 7.26. The molecule has 238 valence electrons. The van der Waals surface area contributed by atoms with Gasteiger partial charge < -0.3 is 9.13 Å². The Bertz CT molecular complexity index is 3090. The van der Waals surface area contributed by atoms with Crippen LogP contribution in [0.15, 0.2) is 182 Å². The summed E-state index contributed by atoms with van der Waals surface area (Å²) >= 11 is 1.91. The van der Waals surface area contributed by atoms with Gasteiger partial charge in [0.1, 0.15) is 0 Å². The number of fused-ring (bicyclic) bond motifs is 9. The van der Waals surface area contributed by atoms with E-state index in [0.29, 0.717) is 0 Å². The molecule has 0 aliphatic rings. The predicted octanol–water partition coefficient (Wildman–Crippen LogP) is 13.6. The first-order valence-corrected chi connectivity index (χ1v) is 18.3. The van der Waals surface area contributed by atoms with Crippen LogP contribution in [0.1, 0.15) is 0 Å². The number of para-hydroxylation sites is 3. The third-order valence-corrected chi connectivity index (χ3v) is 11.8. The third kappa shape index (κ3) is 4.22. The Morgan fingerprint density at radius 2 is 0.745 bits per heavy atom. The quantitative estimate of drug-likeness (QED) is 0.177. The zero-order valence-electron chi connectivity index (χ0n) is 27.6. The van der Waals surface area contributed by atoms with E-state index in [1.54, 1.807) is 0 Å². The summed E-state index contributed by atoms with van der Waals surface area (Å²) in [5.41, 5.74) is 12.2. The van der Waals surface area contributed by atoms with Gasteiger partial charge in [0.25, 0.3) is 0 Å². The van der Waals surface area contributed by atoms with Crippen molar-refractivity contribution in [3.63, 3.8) is 0 Å². The molecule has 0 radical (unpaired) electrons. The minimum absolute atomic E-state index is 1.15. The van der Waals surface area contributed by atoms with Crippen LogP contribution in [0.5, 0.6) is 0 Å². The first kappa shape index (κ1) is 28.4. The molecular formula is C48H30N2S. The van der Waals surface area contributed by atoms with Crippen LogP contribution in [0, 0.1) is 0 Å². The smallest absolute Gasteiger partial charge is 0.0561 e. The van der Waals surface area contributed by atoms with Crippen LogP contribution >= 0.6 is 11.3 Å². The van der Waals surface area contributed by atoms with Crippen LogP contribution in [0.3, 0.4) is 0 Å². The second kappa shape index (κ2) is 11.0. The molecule has 51 heavy (non-hydrogen) atoms. The number of thiophene rings is 1. The lowest BCUT2D eigenvalue weighted by Gasteiger charge is -2.13. The Hall–Kier alpha value is -6.42. The molecule has 0 N–H and O–H groups in total. The van der Waals surface area contributed by atoms with Gasteiger partial charge in [-0.3, -0.25) is 0 Å². The molecule has 0 unspecified atom stereocenters. The van der Waals surface area contributed by atoms with Crippen molar-refractivity contribution < 1.29 is 0 Å². The van der Waals surface area contributed by atoms with Crippen LogP contribution in [0.2, 0.25) is 0 Å². The molecule has 0 aliphatic carbocycles. The largest absolute Gasteiger partial charge is 0.309 e. The number of nitrogens with zero attached hydrogens (tertiary/aromatic N) is 2. The van der Waals surface area contributed by atoms with E-state index in [2.05, 4.69) is 191 Å². The van der Waals surface area contributed by atoms with Gasteiger partial charge in [0, 0.05) is 53.1 Å². The first-order valence-electron chi connectivity index (χ1n) is 17.4. The fraction of sp³-hybridized carbons (Fsp3) is 0. The highest BCUT2D eigenvalue weighted by Gasteiger charge is 2.18. The molecule has 0 aliphatic heterocycles. The second-order valence-corrected chi connectivity index (χ2v) is 14.3. The van der Waals surface area contributed by atoms with Gasteiger partial charge in [-0.1, -0.05) is 140 Å². The van der Waals surface area contributed by atoms with Crippen LogP contribution in [0.25, 0.3) is 97.4 Å². The highest BCUT2D eigenvalue weighted by atomic mass is 32.1. The fourth-order valence-electron chi connectivity index (χ4n) is 8.28. The van der Waals surface area contributed by atoms with Crippen molar-refractivity contribution in [1.82, 2.24) is 9.13 Å². The average molecular weight is 667 g/mol. The molecule has 11 aromatic rings. The molecule has 0 amide bonds. The summed E-state index contributed by atoms with van der Waals surface area (Å²) in [6, 6.07) is 66.6. The van der Waals surface area contributed by atoms with Crippen molar-refractivity contribution in [2.24, 2.45) is 0 Å². The summed E-state index contributed by atoms with van der Waals surface area (Å²) in [7, 11) is 0. The van der Waals surface area contributed by atoms with Gasteiger partial charge in [-0.05, 0) is 64.7 Å². The minimum atomic E-state index is 1.15. The molecule has 11 rings (SSSR count). The zero-order valence-corrected chi connectivity index (χ0v) is 28.4. The Morgan fingerprint density at radius 1 is 0.294 bits per heavy atom. The summed E-state index contributed by atoms with van der Waals surface area (Å²) in [4.78, 5) is 0. The van der Waals surface area contributed by atoms with E-state index in [-0.39, 0.29) is 0 Å². The van der Waals surface area contributed by atoms with Crippen molar-refractivity contribution in [1.29, 1.82) is 0 Å². The van der Waals surface area contributed by atoms with Gasteiger partial charge in [0.15, 0.2) is 0 Å². The average Bonchev–Trinajstić information content (AvgIpc) is 3.86. The molecule has 8 aromatic carbocycles. The lowest BCUT2D eigenvalue weighted by molar-refractivity contribution is 1.15. The fourth-order valence-corrected chi connectivity index (χ4v) is 9.65. The van der Waals surface area contributed by atoms with Crippen molar-refractivity contribution in [3.05, 3.63) is 182 Å². The molecule has 0 spiro atoms. The lowest BCUT2D eigenvalue weighted by atomic mass is 10.00. The SMILES string of the molecule is c1ccc(-c2cccc3c2sc2c(-c4cccc(-n5c6ccccc6c6ccc(-n7c8ccccc8c8ccccc87)cc65)c4)cccc23)cc1. The van der Waals surface area contributed by atoms with Crippen LogP contribution < -0.4 is 0 Å². The van der Waals surface area contributed by atoms with E-state index in [1.807, 2.05) is 11.3 Å². The zero-order chi connectivity index (χ0) is 33.5. The van der Waals surface area contributed by atoms with Crippen LogP contribution in [-0.4, -0.2) is 9.13 Å². The van der Waals surface area contributed by atoms with Crippen LogP contribution in [-0.2, 0) is 0 Å². The molecule has 0 atom stereocenters. The monoisotopic (exact) mass is 666 g/mol. The molecule has 3 heteroatoms. The van der Waals surface area contributed by atoms with E-state index in [1.165, 1.54) is 86.0 Å². The predicted molar refractivity (Wildman–Crippen MR) is 219 cm³/mol. The number of hydrogen-bond acceptors (Lipinski definition) is 1. The number of benzene rings is 8. The van der Waals surface area contributed by atoms with Gasteiger partial charge in [-0.25, -0.2) is 0 Å². The lowest BCUT2D eigenvalue weighted by Crippen LogP contribution is -1.97. The Balaban J connectivity index is 1.13. The minimum Gasteiger partial charge on any atom is -0.309 e. The van der Waals surface area contributed by atoms with Crippen LogP contribution in [0.4, 0.5) is 0 Å². The van der Waals surface area contributed by atoms with Crippen molar-refractivity contribution in [2.45, 2.75) is 0 Å². The molecule has 0 saturated carbocycles. The Morgan fingerprint density at radius 3 is 1.37 bits per heavy atom. The second-order valence-electron chi connectivity index (χ2n) is 13.3. The Kier molecular flexibility index (Phi) is 6.16. The van der Waals surface area contributed by atoms with Gasteiger partial charge in [0.2, 0.25) is 0 Å². The molecule has 2 nitrogen and oxygen atoms in total. The third-order valence-electron chi connectivity index (χ3n) is 10.5. The maximum Gasteiger partial charge on any atom is 0.0561 e. The maximum absolute atomic E-state index is 2.45. The summed E-state index contributed by atoms with van der Waals surface area (Å²) < 4.78 is 7.52. The molecule has 0 saturated heterocycles. The van der Waals surface area contributed by atoms with Gasteiger partial charge in [-0.2, -0.15) is 0 Å². The van der Waals surface area contributed by atoms with E-state index in [9.17, 15) is 0 Å². The molecule has 0 fully saturated rings. The summed E-state index contributed by atoms with van der Waals surface area (Å²) in [6.07, 6.45) is 0. The van der Waals surface area contributed by atoms with Crippen molar-refractivity contribution in [3.8, 4) is 33.6 Å². The molecular weight excluding hydrogens is 637 g/mol. The van der Waals surface area contributed by atoms with Gasteiger partial charge in [-0.15, -0.1) is 11.3 Å². The topological polar surface area (TPSA) is 9.86 Å². The van der Waals surface area contributed by atoms with Gasteiger partial charge >= 0.3 is 0 Å². The van der Waals surface area contributed by atoms with Crippen molar-refractivity contribution >= 4 is 75.1 Å². The molecule has 0 bridgehead atoms.